The molecule has 30 heavy (non-hydrogen) atoms. The van der Waals surface area contributed by atoms with Crippen LogP contribution in [-0.2, 0) is 13.1 Å². The fourth-order valence-electron chi connectivity index (χ4n) is 3.56. The van der Waals surface area contributed by atoms with Gasteiger partial charge in [0, 0.05) is 23.5 Å². The highest BCUT2D eigenvalue weighted by Gasteiger charge is 2.18. The van der Waals surface area contributed by atoms with Crippen molar-refractivity contribution in [1.29, 1.82) is 0 Å². The summed E-state index contributed by atoms with van der Waals surface area (Å²) in [6.45, 7) is 3.47. The SMILES string of the molecule is CCOc1cccc2c1cc(C(=O)NCc1ccccc1)n2Cc1ccccc1Cl. The van der Waals surface area contributed by atoms with Gasteiger partial charge in [0.2, 0.25) is 0 Å². The van der Waals surface area contributed by atoms with Crippen LogP contribution in [0.25, 0.3) is 10.9 Å². The number of fused-ring (bicyclic) bond motifs is 1. The molecule has 0 saturated heterocycles. The van der Waals surface area contributed by atoms with Gasteiger partial charge in [0.1, 0.15) is 11.4 Å². The Morgan fingerprint density at radius 2 is 1.77 bits per heavy atom. The van der Waals surface area contributed by atoms with E-state index >= 15 is 0 Å². The number of carbonyl (C=O) groups excluding carboxylic acids is 1. The van der Waals surface area contributed by atoms with Gasteiger partial charge in [0.25, 0.3) is 5.91 Å². The number of nitrogens with zero attached hydrogens (tertiary/aromatic N) is 1. The van der Waals surface area contributed by atoms with Gasteiger partial charge in [0.05, 0.1) is 12.1 Å². The number of carbonyl (C=O) groups is 1. The summed E-state index contributed by atoms with van der Waals surface area (Å²) in [5.41, 5.74) is 3.52. The second kappa shape index (κ2) is 9.06. The van der Waals surface area contributed by atoms with Crippen LogP contribution in [0.15, 0.2) is 78.9 Å². The Balaban J connectivity index is 1.73. The number of nitrogens with one attached hydrogen (secondary N) is 1. The quantitative estimate of drug-likeness (QED) is 0.420. The van der Waals surface area contributed by atoms with E-state index in [0.717, 1.165) is 27.8 Å². The average Bonchev–Trinajstić information content (AvgIpc) is 3.14. The smallest absolute Gasteiger partial charge is 0.268 e. The van der Waals surface area contributed by atoms with Gasteiger partial charge in [-0.15, -0.1) is 0 Å². The molecule has 1 heterocycles. The van der Waals surface area contributed by atoms with Crippen LogP contribution in [0.3, 0.4) is 0 Å². The van der Waals surface area contributed by atoms with E-state index in [1.54, 1.807) is 0 Å². The Bertz CT molecular complexity index is 1170. The fraction of sp³-hybridized carbons (Fsp3) is 0.160. The fourth-order valence-corrected chi connectivity index (χ4v) is 3.76. The number of hydrogen-bond acceptors (Lipinski definition) is 2. The summed E-state index contributed by atoms with van der Waals surface area (Å²) in [5, 5.41) is 4.62. The van der Waals surface area contributed by atoms with Crippen LogP contribution >= 0.6 is 11.6 Å². The second-order valence-corrected chi connectivity index (χ2v) is 7.40. The maximum Gasteiger partial charge on any atom is 0.268 e. The van der Waals surface area contributed by atoms with Gasteiger partial charge in [-0.3, -0.25) is 4.79 Å². The minimum absolute atomic E-state index is 0.135. The Kier molecular flexibility index (Phi) is 6.05. The molecule has 5 heteroatoms. The highest BCUT2D eigenvalue weighted by molar-refractivity contribution is 6.31. The van der Waals surface area contributed by atoms with E-state index in [4.69, 9.17) is 16.3 Å². The molecule has 0 fully saturated rings. The Morgan fingerprint density at radius 3 is 2.53 bits per heavy atom. The average molecular weight is 419 g/mol. The largest absolute Gasteiger partial charge is 0.493 e. The molecule has 0 aliphatic rings. The van der Waals surface area contributed by atoms with Gasteiger partial charge in [-0.25, -0.2) is 0 Å². The zero-order valence-electron chi connectivity index (χ0n) is 16.8. The third kappa shape index (κ3) is 4.19. The molecule has 1 aromatic heterocycles. The Morgan fingerprint density at radius 1 is 1.00 bits per heavy atom. The van der Waals surface area contributed by atoms with Crippen LogP contribution in [0.4, 0.5) is 0 Å². The normalized spacial score (nSPS) is 10.9. The molecular weight excluding hydrogens is 396 g/mol. The van der Waals surface area contributed by atoms with Crippen molar-refractivity contribution in [1.82, 2.24) is 9.88 Å². The van der Waals surface area contributed by atoms with E-state index < -0.39 is 0 Å². The standard InChI is InChI=1S/C25H23ClN2O2/c1-2-30-24-14-8-13-22-20(24)15-23(25(29)27-16-18-9-4-3-5-10-18)28(22)17-19-11-6-7-12-21(19)26/h3-15H,2,16-17H2,1H3,(H,27,29). The van der Waals surface area contributed by atoms with Crippen molar-refractivity contribution in [3.8, 4) is 5.75 Å². The third-order valence-corrected chi connectivity index (χ3v) is 5.39. The predicted octanol–water partition coefficient (Wildman–Crippen LogP) is 5.67. The number of hydrogen-bond donors (Lipinski definition) is 1. The molecule has 3 aromatic carbocycles. The monoisotopic (exact) mass is 418 g/mol. The molecule has 0 radical (unpaired) electrons. The van der Waals surface area contributed by atoms with Crippen molar-refractivity contribution in [3.63, 3.8) is 0 Å². The van der Waals surface area contributed by atoms with Gasteiger partial charge in [0.15, 0.2) is 0 Å². The third-order valence-electron chi connectivity index (χ3n) is 5.02. The first-order valence-corrected chi connectivity index (χ1v) is 10.4. The second-order valence-electron chi connectivity index (χ2n) is 7.00. The van der Waals surface area contributed by atoms with Crippen LogP contribution in [0.2, 0.25) is 5.02 Å². The molecule has 1 amide bonds. The van der Waals surface area contributed by atoms with Crippen molar-refractivity contribution < 1.29 is 9.53 Å². The van der Waals surface area contributed by atoms with E-state index in [1.165, 1.54) is 0 Å². The van der Waals surface area contributed by atoms with Crippen molar-refractivity contribution in [2.75, 3.05) is 6.61 Å². The number of ether oxygens (including phenoxy) is 1. The first-order chi connectivity index (χ1) is 14.7. The molecule has 0 spiro atoms. The molecule has 0 aliphatic heterocycles. The molecule has 1 N–H and O–H groups in total. The molecule has 0 bridgehead atoms. The lowest BCUT2D eigenvalue weighted by molar-refractivity contribution is 0.0942. The number of halogens is 1. The van der Waals surface area contributed by atoms with Crippen molar-refractivity contribution in [2.45, 2.75) is 20.0 Å². The molecule has 0 saturated carbocycles. The molecule has 4 rings (SSSR count). The number of aromatic nitrogens is 1. The predicted molar refractivity (Wildman–Crippen MR) is 121 cm³/mol. The lowest BCUT2D eigenvalue weighted by Gasteiger charge is -2.13. The summed E-state index contributed by atoms with van der Waals surface area (Å²) in [4.78, 5) is 13.1. The van der Waals surface area contributed by atoms with Crippen LogP contribution in [0.1, 0.15) is 28.5 Å². The lowest BCUT2D eigenvalue weighted by Crippen LogP contribution is -2.25. The molecule has 4 aromatic rings. The van der Waals surface area contributed by atoms with E-state index in [2.05, 4.69) is 5.32 Å². The molecule has 0 aliphatic carbocycles. The van der Waals surface area contributed by atoms with Gasteiger partial charge in [-0.2, -0.15) is 0 Å². The molecular formula is C25H23ClN2O2. The van der Waals surface area contributed by atoms with Crippen molar-refractivity contribution >= 4 is 28.4 Å². The van der Waals surface area contributed by atoms with E-state index in [9.17, 15) is 4.79 Å². The Hall–Kier alpha value is -3.24. The van der Waals surface area contributed by atoms with Gasteiger partial charge in [-0.05, 0) is 42.3 Å². The number of benzene rings is 3. The summed E-state index contributed by atoms with van der Waals surface area (Å²) in [6.07, 6.45) is 0. The summed E-state index contributed by atoms with van der Waals surface area (Å²) in [7, 11) is 0. The zero-order valence-corrected chi connectivity index (χ0v) is 17.5. The maximum atomic E-state index is 13.1. The van der Waals surface area contributed by atoms with Crippen LogP contribution < -0.4 is 10.1 Å². The summed E-state index contributed by atoms with van der Waals surface area (Å²) in [5.74, 6) is 0.634. The van der Waals surface area contributed by atoms with E-state index in [0.29, 0.717) is 30.4 Å². The van der Waals surface area contributed by atoms with Gasteiger partial charge >= 0.3 is 0 Å². The van der Waals surface area contributed by atoms with E-state index in [-0.39, 0.29) is 5.91 Å². The molecule has 0 unspecified atom stereocenters. The van der Waals surface area contributed by atoms with Crippen molar-refractivity contribution in [3.05, 3.63) is 101 Å². The molecule has 0 atom stereocenters. The molecule has 4 nitrogen and oxygen atoms in total. The highest BCUT2D eigenvalue weighted by atomic mass is 35.5. The lowest BCUT2D eigenvalue weighted by atomic mass is 10.2. The highest BCUT2D eigenvalue weighted by Crippen LogP contribution is 2.30. The first-order valence-electron chi connectivity index (χ1n) is 9.98. The first kappa shape index (κ1) is 20.0. The van der Waals surface area contributed by atoms with Gasteiger partial charge in [-0.1, -0.05) is 66.2 Å². The number of amides is 1. The van der Waals surface area contributed by atoms with Crippen LogP contribution in [0.5, 0.6) is 5.75 Å². The van der Waals surface area contributed by atoms with Crippen molar-refractivity contribution in [2.24, 2.45) is 0 Å². The Labute approximate surface area is 181 Å². The topological polar surface area (TPSA) is 43.3 Å². The summed E-state index contributed by atoms with van der Waals surface area (Å²) >= 11 is 6.41. The van der Waals surface area contributed by atoms with E-state index in [1.807, 2.05) is 90.4 Å². The zero-order chi connectivity index (χ0) is 20.9. The molecule has 152 valence electrons. The van der Waals surface area contributed by atoms with Gasteiger partial charge < -0.3 is 14.6 Å². The minimum Gasteiger partial charge on any atom is -0.493 e. The summed E-state index contributed by atoms with van der Waals surface area (Å²) < 4.78 is 7.80. The van der Waals surface area contributed by atoms with Crippen LogP contribution in [-0.4, -0.2) is 17.1 Å². The maximum absolute atomic E-state index is 13.1. The summed E-state index contributed by atoms with van der Waals surface area (Å²) in [6, 6.07) is 25.3. The van der Waals surface area contributed by atoms with Crippen LogP contribution in [0, 0.1) is 0 Å². The minimum atomic E-state index is -0.135. The number of rotatable bonds is 7.